The zero-order valence-electron chi connectivity index (χ0n) is 19.8. The van der Waals surface area contributed by atoms with Crippen LogP contribution in [-0.2, 0) is 14.3 Å². The van der Waals surface area contributed by atoms with Crippen LogP contribution in [0.2, 0.25) is 0 Å². The van der Waals surface area contributed by atoms with E-state index in [9.17, 15) is 9.59 Å². The van der Waals surface area contributed by atoms with E-state index in [2.05, 4.69) is 29.4 Å². The molecule has 2 aliphatic rings. The first-order chi connectivity index (χ1) is 15.9. The number of rotatable bonds is 6. The fraction of sp³-hybridized carbons (Fsp3) is 0.560. The summed E-state index contributed by atoms with van der Waals surface area (Å²) in [7, 11) is 0. The molecular formula is C25H36N4O3S. The lowest BCUT2D eigenvalue weighted by atomic mass is 9.91. The minimum absolute atomic E-state index is 0.0455. The number of aromatic nitrogens is 1. The molecule has 0 bridgehead atoms. The smallest absolute Gasteiger partial charge is 0.240 e. The van der Waals surface area contributed by atoms with E-state index in [1.165, 1.54) is 10.4 Å². The third-order valence-corrected chi connectivity index (χ3v) is 7.61. The van der Waals surface area contributed by atoms with Gasteiger partial charge in [-0.05, 0) is 63.5 Å². The zero-order valence-corrected chi connectivity index (χ0v) is 20.6. The lowest BCUT2D eigenvalue weighted by Crippen LogP contribution is -2.49. The normalized spacial score (nSPS) is 20.5. The van der Waals surface area contributed by atoms with Gasteiger partial charge in [0.15, 0.2) is 0 Å². The highest BCUT2D eigenvalue weighted by Crippen LogP contribution is 2.28. The molecule has 0 aliphatic carbocycles. The van der Waals surface area contributed by atoms with E-state index in [1.54, 1.807) is 11.3 Å². The number of hydrogen-bond donors (Lipinski definition) is 2. The molecule has 180 valence electrons. The molecule has 2 amide bonds. The minimum Gasteiger partial charge on any atom is -0.381 e. The second kappa shape index (κ2) is 12.3. The summed E-state index contributed by atoms with van der Waals surface area (Å²) < 4.78 is 5.30. The Labute approximate surface area is 200 Å². The van der Waals surface area contributed by atoms with Crippen molar-refractivity contribution in [1.29, 1.82) is 0 Å². The van der Waals surface area contributed by atoms with E-state index in [1.807, 2.05) is 36.4 Å². The van der Waals surface area contributed by atoms with Crippen LogP contribution >= 0.6 is 11.3 Å². The highest BCUT2D eigenvalue weighted by atomic mass is 32.1. The van der Waals surface area contributed by atoms with Gasteiger partial charge in [-0.25, -0.2) is 4.98 Å². The SMILES string of the molecule is CC1CCCN1C(=O)C(N)C1CCOCC1.Cc1ncsc1-c1ccc(C(C)NC=O)cc1. The van der Waals surface area contributed by atoms with Crippen molar-refractivity contribution in [2.45, 2.75) is 64.6 Å². The van der Waals surface area contributed by atoms with Crippen LogP contribution in [-0.4, -0.2) is 54.0 Å². The Balaban J connectivity index is 0.000000186. The van der Waals surface area contributed by atoms with Gasteiger partial charge >= 0.3 is 0 Å². The largest absolute Gasteiger partial charge is 0.381 e. The molecule has 2 aromatic rings. The minimum atomic E-state index is -0.315. The molecular weight excluding hydrogens is 436 g/mol. The Kier molecular flexibility index (Phi) is 9.41. The Morgan fingerprint density at radius 3 is 2.52 bits per heavy atom. The summed E-state index contributed by atoms with van der Waals surface area (Å²) in [5.74, 6) is 0.464. The second-order valence-electron chi connectivity index (χ2n) is 8.89. The highest BCUT2D eigenvalue weighted by Gasteiger charge is 2.33. The maximum atomic E-state index is 12.2. The van der Waals surface area contributed by atoms with Crippen molar-refractivity contribution in [2.24, 2.45) is 11.7 Å². The predicted molar refractivity (Wildman–Crippen MR) is 132 cm³/mol. The first-order valence-electron chi connectivity index (χ1n) is 11.8. The van der Waals surface area contributed by atoms with Gasteiger partial charge in [0.2, 0.25) is 12.3 Å². The van der Waals surface area contributed by atoms with Crippen molar-refractivity contribution in [3.8, 4) is 10.4 Å². The Morgan fingerprint density at radius 2 is 1.97 bits per heavy atom. The van der Waals surface area contributed by atoms with Gasteiger partial charge in [-0.2, -0.15) is 0 Å². The van der Waals surface area contributed by atoms with Gasteiger partial charge in [0, 0.05) is 25.8 Å². The Bertz CT molecular complexity index is 895. The fourth-order valence-electron chi connectivity index (χ4n) is 4.43. The topological polar surface area (TPSA) is 97.6 Å². The number of nitrogens with two attached hydrogens (primary N) is 1. The molecule has 0 radical (unpaired) electrons. The number of nitrogens with zero attached hydrogens (tertiary/aromatic N) is 2. The molecule has 3 atom stereocenters. The van der Waals surface area contributed by atoms with Crippen molar-refractivity contribution >= 4 is 23.7 Å². The third kappa shape index (κ3) is 6.62. The van der Waals surface area contributed by atoms with Crippen LogP contribution in [0.5, 0.6) is 0 Å². The monoisotopic (exact) mass is 472 g/mol. The Morgan fingerprint density at radius 1 is 1.27 bits per heavy atom. The van der Waals surface area contributed by atoms with Crippen molar-refractivity contribution in [3.05, 3.63) is 41.0 Å². The van der Waals surface area contributed by atoms with E-state index in [0.717, 1.165) is 63.1 Å². The highest BCUT2D eigenvalue weighted by molar-refractivity contribution is 7.13. The molecule has 7 nitrogen and oxygen atoms in total. The van der Waals surface area contributed by atoms with Gasteiger partial charge < -0.3 is 20.7 Å². The van der Waals surface area contributed by atoms with Crippen molar-refractivity contribution in [2.75, 3.05) is 19.8 Å². The maximum Gasteiger partial charge on any atom is 0.240 e. The van der Waals surface area contributed by atoms with Crippen LogP contribution < -0.4 is 11.1 Å². The zero-order chi connectivity index (χ0) is 23.8. The van der Waals surface area contributed by atoms with E-state index in [-0.39, 0.29) is 18.0 Å². The molecule has 8 heteroatoms. The van der Waals surface area contributed by atoms with E-state index < -0.39 is 0 Å². The van der Waals surface area contributed by atoms with Crippen molar-refractivity contribution in [1.82, 2.24) is 15.2 Å². The van der Waals surface area contributed by atoms with Crippen LogP contribution in [0.1, 0.15) is 56.8 Å². The summed E-state index contributed by atoms with van der Waals surface area (Å²) in [5.41, 5.74) is 11.3. The molecule has 3 unspecified atom stereocenters. The molecule has 0 spiro atoms. The maximum absolute atomic E-state index is 12.2. The van der Waals surface area contributed by atoms with Gasteiger partial charge in [-0.15, -0.1) is 11.3 Å². The van der Waals surface area contributed by atoms with Gasteiger partial charge in [-0.1, -0.05) is 24.3 Å². The average molecular weight is 473 g/mol. The van der Waals surface area contributed by atoms with E-state index in [4.69, 9.17) is 10.5 Å². The first-order valence-corrected chi connectivity index (χ1v) is 12.6. The molecule has 2 aliphatic heterocycles. The third-order valence-electron chi connectivity index (χ3n) is 6.63. The molecule has 1 aromatic carbocycles. The number of likely N-dealkylation sites (tertiary alicyclic amines) is 1. The summed E-state index contributed by atoms with van der Waals surface area (Å²) in [5, 5.41) is 2.74. The molecule has 4 rings (SSSR count). The number of amides is 2. The number of carbonyl (C=O) groups excluding carboxylic acids is 2. The van der Waals surface area contributed by atoms with Gasteiger partial charge in [0.1, 0.15) is 0 Å². The van der Waals surface area contributed by atoms with Crippen LogP contribution in [0.15, 0.2) is 29.8 Å². The van der Waals surface area contributed by atoms with Gasteiger partial charge in [0.05, 0.1) is 28.2 Å². The quantitative estimate of drug-likeness (QED) is 0.625. The summed E-state index contributed by atoms with van der Waals surface area (Å²) in [6.07, 6.45) is 4.82. The van der Waals surface area contributed by atoms with Gasteiger partial charge in [0.25, 0.3) is 0 Å². The molecule has 0 saturated carbocycles. The number of thiazole rings is 1. The number of benzene rings is 1. The average Bonchev–Trinajstić information content (AvgIpc) is 3.47. The van der Waals surface area contributed by atoms with Crippen LogP contribution in [0.3, 0.4) is 0 Å². The summed E-state index contributed by atoms with van der Waals surface area (Å²) in [6, 6.07) is 8.31. The second-order valence-corrected chi connectivity index (χ2v) is 9.75. The summed E-state index contributed by atoms with van der Waals surface area (Å²) in [4.78, 5) is 30.0. The summed E-state index contributed by atoms with van der Waals surface area (Å²) in [6.45, 7) is 8.47. The number of hydrogen-bond acceptors (Lipinski definition) is 6. The van der Waals surface area contributed by atoms with Gasteiger partial charge in [-0.3, -0.25) is 9.59 Å². The van der Waals surface area contributed by atoms with Crippen LogP contribution in [0.25, 0.3) is 10.4 Å². The number of ether oxygens (including phenoxy) is 1. The lowest BCUT2D eigenvalue weighted by molar-refractivity contribution is -0.135. The Hall–Kier alpha value is -2.29. The van der Waals surface area contributed by atoms with E-state index >= 15 is 0 Å². The number of aryl methyl sites for hydroxylation is 1. The van der Waals surface area contributed by atoms with Crippen LogP contribution in [0, 0.1) is 12.8 Å². The summed E-state index contributed by atoms with van der Waals surface area (Å²) >= 11 is 1.64. The standard InChI is InChI=1S/C13H14N2OS.C12H22N2O2/c1-9(14-7-16)11-3-5-12(6-4-11)13-10(2)15-8-17-13;1-9-3-2-6-14(9)12(15)11(13)10-4-7-16-8-5-10/h3-9H,1-2H3,(H,14,16);9-11H,2-8,13H2,1H3. The molecule has 2 saturated heterocycles. The predicted octanol–water partition coefficient (Wildman–Crippen LogP) is 3.68. The van der Waals surface area contributed by atoms with Crippen molar-refractivity contribution in [3.63, 3.8) is 0 Å². The lowest BCUT2D eigenvalue weighted by Gasteiger charge is -2.31. The molecule has 2 fully saturated rings. The van der Waals surface area contributed by atoms with Crippen LogP contribution in [0.4, 0.5) is 0 Å². The van der Waals surface area contributed by atoms with E-state index in [0.29, 0.717) is 12.0 Å². The fourth-order valence-corrected chi connectivity index (χ4v) is 5.24. The van der Waals surface area contributed by atoms with Crippen molar-refractivity contribution < 1.29 is 14.3 Å². The molecule has 33 heavy (non-hydrogen) atoms. The first kappa shape index (κ1) is 25.3. The number of nitrogens with one attached hydrogen (secondary N) is 1. The molecule has 3 heterocycles. The number of carbonyl (C=O) groups is 2. The molecule has 3 N–H and O–H groups in total. The molecule has 1 aromatic heterocycles.